The van der Waals surface area contributed by atoms with Gasteiger partial charge in [0.1, 0.15) is 30.0 Å². The third kappa shape index (κ3) is 6.08. The van der Waals surface area contributed by atoms with Crippen LogP contribution in [0.15, 0.2) is 27.6 Å². The smallest absolute Gasteiger partial charge is 0.335 e. The number of esters is 2. The van der Waals surface area contributed by atoms with Gasteiger partial charge in [-0.2, -0.15) is 0 Å². The first-order valence-electron chi connectivity index (χ1n) is 18.9. The molecule has 0 amide bonds. The number of hydrogen-bond acceptors (Lipinski definition) is 13. The molecule has 6 fully saturated rings. The molecule has 284 valence electrons. The Kier molecular flexibility index (Phi) is 9.99. The molecule has 13 nitrogen and oxygen atoms in total. The van der Waals surface area contributed by atoms with E-state index in [0.717, 1.165) is 44.1 Å². The molecule has 2 aliphatic heterocycles. The molecule has 0 aromatic carbocycles. The number of epoxide rings is 1. The normalized spacial score (nSPS) is 45.5. The average molecular weight is 719 g/mol. The first kappa shape index (κ1) is 36.9. The zero-order chi connectivity index (χ0) is 36.3. The highest BCUT2D eigenvalue weighted by Gasteiger charge is 2.81. The van der Waals surface area contributed by atoms with E-state index in [-0.39, 0.29) is 59.0 Å². The predicted octanol–water partition coefficient (Wildman–Crippen LogP) is 2.47. The molecule has 1 aromatic rings. The van der Waals surface area contributed by atoms with Crippen LogP contribution in [0.25, 0.3) is 0 Å². The summed E-state index contributed by atoms with van der Waals surface area (Å²) in [6.45, 7) is 4.24. The third-order valence-corrected chi connectivity index (χ3v) is 14.3. The average Bonchev–Trinajstić information content (AvgIpc) is 3.77. The maximum absolute atomic E-state index is 13.2. The third-order valence-electron chi connectivity index (χ3n) is 14.3. The minimum Gasteiger partial charge on any atom is -0.465 e. The minimum absolute atomic E-state index is 0.0519. The maximum Gasteiger partial charge on any atom is 0.335 e. The second-order valence-electron chi connectivity index (χ2n) is 16.7. The lowest BCUT2D eigenvalue weighted by atomic mass is 9.42. The van der Waals surface area contributed by atoms with Crippen molar-refractivity contribution in [2.24, 2.45) is 28.6 Å². The highest BCUT2D eigenvalue weighted by atomic mass is 16.7. The van der Waals surface area contributed by atoms with Crippen LogP contribution in [0.5, 0.6) is 0 Å². The van der Waals surface area contributed by atoms with Gasteiger partial charge in [0, 0.05) is 17.9 Å². The summed E-state index contributed by atoms with van der Waals surface area (Å²) in [5, 5.41) is 51.3. The van der Waals surface area contributed by atoms with Gasteiger partial charge in [0.2, 0.25) is 6.29 Å². The van der Waals surface area contributed by atoms with Crippen molar-refractivity contribution in [3.05, 3.63) is 34.4 Å². The Bertz CT molecular complexity index is 1490. The van der Waals surface area contributed by atoms with E-state index in [1.165, 1.54) is 6.07 Å². The number of carbonyl (C=O) groups is 2. The van der Waals surface area contributed by atoms with Crippen molar-refractivity contribution in [3.8, 4) is 0 Å². The van der Waals surface area contributed by atoms with Crippen molar-refractivity contribution >= 4 is 11.9 Å². The molecule has 5 N–H and O–H groups in total. The molecule has 6 aliphatic rings. The first-order valence-corrected chi connectivity index (χ1v) is 18.9. The fourth-order valence-electron chi connectivity index (χ4n) is 11.3. The Morgan fingerprint density at radius 2 is 1.67 bits per heavy atom. The SMILES string of the molecule is CC12CCC3C(CC[C@]4(O)CC(C(=O)OCCCCCCC(=O)O[C@@H]5O[C@H](CO)[C@@H](O)[C@H](O)[C@H]5O)CC[C@]34C)C13OC3CC2c1ccc(=O)oc1. The summed E-state index contributed by atoms with van der Waals surface area (Å²) in [7, 11) is 0. The standard InChI is InChI=1S/C38H54O13/c1-35-13-10-21(33(45)47-16-6-4-3-5-7-29(41)50-34-32(44)31(43)30(42)26(19-39)49-34)18-37(35,46)15-12-24-23(35)11-14-36(2)25(17-27-38(24,36)51-27)22-8-9-28(40)48-20-22/h8-9,20-21,23-27,30-32,34,39,42-44,46H,3-7,10-19H2,1-2H3/t21?,23?,24?,25?,26-,27?,30-,31+,32-,34+,35-,36?,37+,38?/m1/s1. The molecule has 13 heteroatoms. The molecule has 3 heterocycles. The Morgan fingerprint density at radius 3 is 2.41 bits per heavy atom. The van der Waals surface area contributed by atoms with Crippen molar-refractivity contribution in [2.75, 3.05) is 13.2 Å². The molecule has 4 aliphatic carbocycles. The summed E-state index contributed by atoms with van der Waals surface area (Å²) in [5.41, 5.74) is -0.826. The predicted molar refractivity (Wildman–Crippen MR) is 178 cm³/mol. The highest BCUT2D eigenvalue weighted by Crippen LogP contribution is 2.78. The Balaban J connectivity index is 0.852. The van der Waals surface area contributed by atoms with Crippen molar-refractivity contribution in [2.45, 2.75) is 151 Å². The van der Waals surface area contributed by atoms with Crippen molar-refractivity contribution < 1.29 is 58.5 Å². The highest BCUT2D eigenvalue weighted by molar-refractivity contribution is 5.73. The van der Waals surface area contributed by atoms with E-state index >= 15 is 0 Å². The first-order chi connectivity index (χ1) is 24.3. The molecule has 51 heavy (non-hydrogen) atoms. The summed E-state index contributed by atoms with van der Waals surface area (Å²) in [5.74, 6) is -0.341. The molecule has 7 rings (SSSR count). The van der Waals surface area contributed by atoms with Gasteiger partial charge in [-0.05, 0) is 99.0 Å². The monoisotopic (exact) mass is 718 g/mol. The molecular weight excluding hydrogens is 664 g/mol. The molecule has 4 saturated carbocycles. The van der Waals surface area contributed by atoms with Gasteiger partial charge >= 0.3 is 17.6 Å². The zero-order valence-electron chi connectivity index (χ0n) is 29.6. The van der Waals surface area contributed by atoms with E-state index in [1.807, 2.05) is 6.07 Å². The Hall–Kier alpha value is -2.39. The van der Waals surface area contributed by atoms with Gasteiger partial charge in [0.25, 0.3) is 0 Å². The molecule has 0 bridgehead atoms. The van der Waals surface area contributed by atoms with Crippen LogP contribution in [0, 0.1) is 28.6 Å². The number of fused-ring (bicyclic) bond motifs is 3. The lowest BCUT2D eigenvalue weighted by Crippen LogP contribution is -2.65. The van der Waals surface area contributed by atoms with Crippen LogP contribution in [0.1, 0.15) is 109 Å². The van der Waals surface area contributed by atoms with Crippen molar-refractivity contribution in [1.82, 2.24) is 0 Å². The van der Waals surface area contributed by atoms with E-state index in [0.29, 0.717) is 50.4 Å². The fourth-order valence-corrected chi connectivity index (χ4v) is 11.3. The van der Waals surface area contributed by atoms with Gasteiger partial charge in [-0.25, -0.2) is 4.79 Å². The number of aliphatic hydroxyl groups is 5. The second-order valence-corrected chi connectivity index (χ2v) is 16.7. The molecule has 7 unspecified atom stereocenters. The summed E-state index contributed by atoms with van der Waals surface area (Å²) >= 11 is 0. The van der Waals surface area contributed by atoms with E-state index in [1.54, 1.807) is 6.26 Å². The van der Waals surface area contributed by atoms with Crippen molar-refractivity contribution in [1.29, 1.82) is 0 Å². The van der Waals surface area contributed by atoms with Crippen LogP contribution in [-0.4, -0.2) is 98.7 Å². The van der Waals surface area contributed by atoms with Crippen LogP contribution < -0.4 is 5.63 Å². The molecule has 2 saturated heterocycles. The van der Waals surface area contributed by atoms with Crippen LogP contribution in [0.4, 0.5) is 0 Å². The summed E-state index contributed by atoms with van der Waals surface area (Å²) < 4.78 is 27.9. The topological polar surface area (TPSA) is 206 Å². The Labute approximate surface area is 297 Å². The van der Waals surface area contributed by atoms with Gasteiger partial charge in [-0.15, -0.1) is 0 Å². The summed E-state index contributed by atoms with van der Waals surface area (Å²) in [6, 6.07) is 3.42. The molecular formula is C38H54O13. The van der Waals surface area contributed by atoms with E-state index in [9.17, 15) is 39.9 Å². The maximum atomic E-state index is 13.2. The molecule has 1 spiro atoms. The lowest BCUT2D eigenvalue weighted by molar-refractivity contribution is -0.292. The van der Waals surface area contributed by atoms with Crippen LogP contribution in [0.3, 0.4) is 0 Å². The number of carbonyl (C=O) groups excluding carboxylic acids is 2. The lowest BCUT2D eigenvalue weighted by Gasteiger charge is -2.64. The van der Waals surface area contributed by atoms with Gasteiger partial charge in [-0.3, -0.25) is 9.59 Å². The number of aliphatic hydroxyl groups excluding tert-OH is 4. The van der Waals surface area contributed by atoms with Crippen LogP contribution in [0.2, 0.25) is 0 Å². The van der Waals surface area contributed by atoms with Gasteiger partial charge in [-0.1, -0.05) is 26.7 Å². The number of unbranched alkanes of at least 4 members (excludes halogenated alkanes) is 3. The largest absolute Gasteiger partial charge is 0.465 e. The summed E-state index contributed by atoms with van der Waals surface area (Å²) in [4.78, 5) is 37.1. The zero-order valence-corrected chi connectivity index (χ0v) is 29.6. The van der Waals surface area contributed by atoms with Gasteiger partial charge in [0.05, 0.1) is 37.1 Å². The van der Waals surface area contributed by atoms with E-state index in [2.05, 4.69) is 13.8 Å². The molecule has 1 aromatic heterocycles. The number of rotatable bonds is 11. The number of hydrogen-bond donors (Lipinski definition) is 5. The van der Waals surface area contributed by atoms with E-state index in [4.69, 9.17) is 23.4 Å². The van der Waals surface area contributed by atoms with Crippen LogP contribution >= 0.6 is 0 Å². The van der Waals surface area contributed by atoms with Crippen molar-refractivity contribution in [3.63, 3.8) is 0 Å². The number of ether oxygens (including phenoxy) is 4. The van der Waals surface area contributed by atoms with Crippen LogP contribution in [-0.2, 0) is 28.5 Å². The Morgan fingerprint density at radius 1 is 0.922 bits per heavy atom. The summed E-state index contributed by atoms with van der Waals surface area (Å²) in [6.07, 6.45) is 3.20. The fraction of sp³-hybridized carbons (Fsp3) is 0.816. The minimum atomic E-state index is -1.63. The second kappa shape index (κ2) is 13.8. The van der Waals surface area contributed by atoms with Gasteiger partial charge < -0.3 is 48.9 Å². The molecule has 0 radical (unpaired) electrons. The molecule has 14 atom stereocenters. The van der Waals surface area contributed by atoms with E-state index < -0.39 is 48.9 Å². The quantitative estimate of drug-likeness (QED) is 0.127. The van der Waals surface area contributed by atoms with Gasteiger partial charge in [0.15, 0.2) is 0 Å².